The van der Waals surface area contributed by atoms with Crippen molar-refractivity contribution in [3.05, 3.63) is 52.8 Å². The molecule has 3 aromatic rings. The highest BCUT2D eigenvalue weighted by Gasteiger charge is 2.31. The van der Waals surface area contributed by atoms with Crippen LogP contribution in [0.2, 0.25) is 0 Å². The van der Waals surface area contributed by atoms with Crippen LogP contribution in [0.1, 0.15) is 67.5 Å². The van der Waals surface area contributed by atoms with E-state index in [2.05, 4.69) is 20.4 Å². The number of nitrogens with one attached hydrogen (secondary N) is 1. The molecule has 8 nitrogen and oxygen atoms in total. The second kappa shape index (κ2) is 11.8. The summed E-state index contributed by atoms with van der Waals surface area (Å²) >= 11 is 0. The zero-order chi connectivity index (χ0) is 28.4. The van der Waals surface area contributed by atoms with E-state index in [1.807, 2.05) is 30.9 Å². The van der Waals surface area contributed by atoms with E-state index in [1.165, 1.54) is 6.07 Å². The van der Waals surface area contributed by atoms with E-state index in [-0.39, 0.29) is 29.3 Å². The van der Waals surface area contributed by atoms with Gasteiger partial charge in [-0.05, 0) is 63.6 Å². The summed E-state index contributed by atoms with van der Waals surface area (Å²) in [7, 11) is 0. The summed E-state index contributed by atoms with van der Waals surface area (Å²) < 4.78 is 27.0. The minimum absolute atomic E-state index is 0.0174. The number of carbonyl (C=O) groups is 2. The molecule has 3 heterocycles. The SMILES string of the molecule is Cc1c(C(F)F)cccc1[C@@H](C)Nc1nnc(C)c2cnc(N3CCN(C(=O)C4CCC(C=O)CC4)CC3)cc12. The minimum Gasteiger partial charge on any atom is -0.362 e. The van der Waals surface area contributed by atoms with E-state index in [1.54, 1.807) is 19.2 Å². The number of halogens is 2. The molecule has 2 aliphatic rings. The lowest BCUT2D eigenvalue weighted by Gasteiger charge is -2.38. The summed E-state index contributed by atoms with van der Waals surface area (Å²) in [6.07, 6.45) is 3.47. The molecule has 1 atom stereocenters. The van der Waals surface area contributed by atoms with Crippen LogP contribution >= 0.6 is 0 Å². The van der Waals surface area contributed by atoms with Crippen molar-refractivity contribution < 1.29 is 18.4 Å². The Balaban J connectivity index is 1.31. The van der Waals surface area contributed by atoms with E-state index >= 15 is 0 Å². The Bertz CT molecular complexity index is 1380. The summed E-state index contributed by atoms with van der Waals surface area (Å²) in [5.74, 6) is 1.68. The molecule has 0 unspecified atom stereocenters. The molecule has 0 bridgehead atoms. The Morgan fingerprint density at radius 3 is 2.40 bits per heavy atom. The molecule has 0 radical (unpaired) electrons. The third kappa shape index (κ3) is 5.62. The standard InChI is InChI=1S/C30H36F2N6O2/c1-18-23(5-4-6-24(18)28(31)32)19(2)34-29-25-15-27(33-16-26(25)20(3)35-36-29)37-11-13-38(14-12-37)30(40)22-9-7-21(17-39)8-10-22/h4-6,15-17,19,21-22,28H,7-14H2,1-3H3,(H,34,36)/t19-,21?,22?/m1/s1. The fourth-order valence-electron chi connectivity index (χ4n) is 6.02. The van der Waals surface area contributed by atoms with Crippen LogP contribution < -0.4 is 10.2 Å². The topological polar surface area (TPSA) is 91.3 Å². The lowest BCUT2D eigenvalue weighted by atomic mass is 9.82. The predicted molar refractivity (Wildman–Crippen MR) is 151 cm³/mol. The highest BCUT2D eigenvalue weighted by atomic mass is 19.3. The fourth-order valence-corrected chi connectivity index (χ4v) is 6.02. The second-order valence-corrected chi connectivity index (χ2v) is 11.0. The summed E-state index contributed by atoms with van der Waals surface area (Å²) in [6.45, 7) is 8.12. The Labute approximate surface area is 233 Å². The molecule has 5 rings (SSSR count). The molecule has 40 heavy (non-hydrogen) atoms. The molecule has 1 N–H and O–H groups in total. The fraction of sp³-hybridized carbons (Fsp3) is 0.500. The maximum atomic E-state index is 13.5. The van der Waals surface area contributed by atoms with Gasteiger partial charge in [-0.1, -0.05) is 18.2 Å². The smallest absolute Gasteiger partial charge is 0.264 e. The number of carbonyl (C=O) groups excluding carboxylic acids is 2. The molecule has 10 heteroatoms. The molecule has 1 amide bonds. The van der Waals surface area contributed by atoms with Gasteiger partial charge in [0.05, 0.1) is 11.7 Å². The summed E-state index contributed by atoms with van der Waals surface area (Å²) in [4.78, 5) is 33.0. The van der Waals surface area contributed by atoms with Gasteiger partial charge < -0.3 is 19.9 Å². The summed E-state index contributed by atoms with van der Waals surface area (Å²) in [6, 6.07) is 6.69. The van der Waals surface area contributed by atoms with Crippen LogP contribution in [0.5, 0.6) is 0 Å². The van der Waals surface area contributed by atoms with E-state index in [0.29, 0.717) is 37.6 Å². The van der Waals surface area contributed by atoms with Crippen LogP contribution in [-0.2, 0) is 9.59 Å². The molecule has 212 valence electrons. The highest BCUT2D eigenvalue weighted by Crippen LogP contribution is 2.33. The number of alkyl halides is 2. The average molecular weight is 551 g/mol. The summed E-state index contributed by atoms with van der Waals surface area (Å²) in [5, 5.41) is 13.8. The highest BCUT2D eigenvalue weighted by molar-refractivity contribution is 5.94. The van der Waals surface area contributed by atoms with Crippen LogP contribution in [0, 0.1) is 25.7 Å². The molecule has 2 fully saturated rings. The molecule has 2 aromatic heterocycles. The van der Waals surface area contributed by atoms with Crippen molar-refractivity contribution in [3.8, 4) is 0 Å². The average Bonchev–Trinajstić information content (AvgIpc) is 2.98. The maximum Gasteiger partial charge on any atom is 0.264 e. The maximum absolute atomic E-state index is 13.5. The van der Waals surface area contributed by atoms with Crippen molar-refractivity contribution in [2.45, 2.75) is 58.9 Å². The van der Waals surface area contributed by atoms with Gasteiger partial charge in [0.15, 0.2) is 5.82 Å². The first kappa shape index (κ1) is 27.9. The third-order valence-corrected chi connectivity index (χ3v) is 8.54. The molecule has 0 spiro atoms. The number of anilines is 2. The quantitative estimate of drug-likeness (QED) is 0.394. The van der Waals surface area contributed by atoms with Crippen LogP contribution in [0.25, 0.3) is 10.8 Å². The molecular weight excluding hydrogens is 514 g/mol. The van der Waals surface area contributed by atoms with Gasteiger partial charge in [0.25, 0.3) is 6.43 Å². The molecule has 1 aliphatic heterocycles. The van der Waals surface area contributed by atoms with E-state index in [4.69, 9.17) is 4.98 Å². The van der Waals surface area contributed by atoms with Gasteiger partial charge in [-0.15, -0.1) is 5.10 Å². The first-order valence-electron chi connectivity index (χ1n) is 14.0. The number of amides is 1. The van der Waals surface area contributed by atoms with Crippen LogP contribution in [0.4, 0.5) is 20.4 Å². The molecule has 1 aliphatic carbocycles. The zero-order valence-electron chi connectivity index (χ0n) is 23.2. The van der Waals surface area contributed by atoms with Crippen molar-refractivity contribution in [2.24, 2.45) is 11.8 Å². The molecular formula is C30H36F2N6O2. The lowest BCUT2D eigenvalue weighted by molar-refractivity contribution is -0.137. The van der Waals surface area contributed by atoms with Gasteiger partial charge in [0.1, 0.15) is 12.1 Å². The first-order chi connectivity index (χ1) is 19.3. The number of pyridine rings is 1. The van der Waals surface area contributed by atoms with Crippen molar-refractivity contribution in [2.75, 3.05) is 36.4 Å². The number of hydrogen-bond acceptors (Lipinski definition) is 7. The minimum atomic E-state index is -2.53. The Morgan fingerprint density at radius 2 is 1.73 bits per heavy atom. The van der Waals surface area contributed by atoms with E-state index in [0.717, 1.165) is 59.8 Å². The van der Waals surface area contributed by atoms with Gasteiger partial charge in [-0.25, -0.2) is 13.8 Å². The third-order valence-electron chi connectivity index (χ3n) is 8.54. The number of aromatic nitrogens is 3. The number of fused-ring (bicyclic) bond motifs is 1. The Hall–Kier alpha value is -3.69. The van der Waals surface area contributed by atoms with Crippen LogP contribution in [0.3, 0.4) is 0 Å². The van der Waals surface area contributed by atoms with Gasteiger partial charge >= 0.3 is 0 Å². The predicted octanol–water partition coefficient (Wildman–Crippen LogP) is 5.41. The number of hydrogen-bond donors (Lipinski definition) is 1. The van der Waals surface area contributed by atoms with Crippen LogP contribution in [-0.4, -0.2) is 58.5 Å². The number of benzene rings is 1. The van der Waals surface area contributed by atoms with Crippen molar-refractivity contribution in [1.82, 2.24) is 20.1 Å². The largest absolute Gasteiger partial charge is 0.362 e. The Morgan fingerprint density at radius 1 is 1.02 bits per heavy atom. The molecule has 1 aromatic carbocycles. The van der Waals surface area contributed by atoms with E-state index in [9.17, 15) is 18.4 Å². The van der Waals surface area contributed by atoms with Gasteiger partial charge in [-0.2, -0.15) is 5.10 Å². The van der Waals surface area contributed by atoms with Gasteiger partial charge in [-0.3, -0.25) is 4.79 Å². The number of piperazine rings is 1. The lowest BCUT2D eigenvalue weighted by Crippen LogP contribution is -2.51. The first-order valence-corrected chi connectivity index (χ1v) is 14.0. The number of nitrogens with zero attached hydrogens (tertiary/aromatic N) is 5. The van der Waals surface area contributed by atoms with E-state index < -0.39 is 6.43 Å². The second-order valence-electron chi connectivity index (χ2n) is 11.0. The summed E-state index contributed by atoms with van der Waals surface area (Å²) in [5.41, 5.74) is 2.13. The van der Waals surface area contributed by atoms with Crippen molar-refractivity contribution >= 4 is 34.6 Å². The molecule has 1 saturated heterocycles. The number of aryl methyl sites for hydroxylation is 1. The normalized spacial score (nSPS) is 20.6. The van der Waals surface area contributed by atoms with Crippen LogP contribution in [0.15, 0.2) is 30.5 Å². The monoisotopic (exact) mass is 550 g/mol. The van der Waals surface area contributed by atoms with Gasteiger partial charge in [0.2, 0.25) is 5.91 Å². The number of rotatable bonds is 7. The molecule has 1 saturated carbocycles. The van der Waals surface area contributed by atoms with Crippen molar-refractivity contribution in [1.29, 1.82) is 0 Å². The zero-order valence-corrected chi connectivity index (χ0v) is 23.2. The van der Waals surface area contributed by atoms with Gasteiger partial charge in [0, 0.05) is 60.5 Å². The number of aldehydes is 1. The van der Waals surface area contributed by atoms with Crippen molar-refractivity contribution in [3.63, 3.8) is 0 Å². The Kier molecular flexibility index (Phi) is 8.23.